The van der Waals surface area contributed by atoms with E-state index in [1.54, 1.807) is 44.3 Å². The topological polar surface area (TPSA) is 101 Å². The summed E-state index contributed by atoms with van der Waals surface area (Å²) in [5.41, 5.74) is 2.36. The second-order valence-corrected chi connectivity index (χ2v) is 13.2. The molecule has 2 aromatic heterocycles. The van der Waals surface area contributed by atoms with Crippen LogP contribution in [0.2, 0.25) is 0 Å². The average molecular weight is 665 g/mol. The van der Waals surface area contributed by atoms with Crippen LogP contribution in [0.3, 0.4) is 0 Å². The fraction of sp³-hybridized carbons (Fsp3) is 0.528. The van der Waals surface area contributed by atoms with Crippen LogP contribution in [0.25, 0.3) is 10.9 Å². The molecule has 2 unspecified atom stereocenters. The van der Waals surface area contributed by atoms with Crippen LogP contribution < -0.4 is 16.0 Å². The number of fused-ring (bicyclic) bond motifs is 1. The van der Waals surface area contributed by atoms with Crippen LogP contribution in [0.15, 0.2) is 42.6 Å². The van der Waals surface area contributed by atoms with Crippen molar-refractivity contribution >= 4 is 23.0 Å². The van der Waals surface area contributed by atoms with Crippen molar-refractivity contribution in [1.29, 1.82) is 5.26 Å². The fourth-order valence-corrected chi connectivity index (χ4v) is 6.02. The summed E-state index contributed by atoms with van der Waals surface area (Å²) in [5, 5.41) is 19.5. The lowest BCUT2D eigenvalue weighted by Gasteiger charge is -2.22. The Labute approximate surface area is 281 Å². The van der Waals surface area contributed by atoms with Crippen LogP contribution in [-0.4, -0.2) is 90.8 Å². The predicted molar refractivity (Wildman–Crippen MR) is 183 cm³/mol. The van der Waals surface area contributed by atoms with E-state index < -0.39 is 18.1 Å². The Kier molecular flexibility index (Phi) is 12.9. The lowest BCUT2D eigenvalue weighted by molar-refractivity contribution is -0.140. The number of hydrogen-bond donors (Lipinski definition) is 3. The maximum atomic E-state index is 13.6. The van der Waals surface area contributed by atoms with Crippen molar-refractivity contribution in [2.24, 2.45) is 0 Å². The number of anilines is 1. The number of nitriles is 1. The van der Waals surface area contributed by atoms with Gasteiger partial charge in [0, 0.05) is 42.6 Å². The number of alkyl halides is 3. The molecule has 1 fully saturated rings. The minimum Gasteiger partial charge on any atom is -0.373 e. The number of nitrogens with one attached hydrogen (secondary N) is 3. The lowest BCUT2D eigenvalue weighted by atomic mass is 9.91. The Morgan fingerprint density at radius 1 is 1.17 bits per heavy atom. The standard InChI is InChI=1S/C36H47F3N8O/c1-35(2,24-40)34-12-10-30(22-44-34)42-15-5-8-31-20-28-19-27(9-11-33(28)47(31)25-36(37,38)39)21-43-29(13-16-41-26-48)7-6-17-46-18-14-32(23-46)45(3)4/h9-12,19-20,22,26,29,32,42-43H,6-7,13-18,21,23,25H2,1-4H3,(H,41,48). The quantitative estimate of drug-likeness (QED) is 0.114. The summed E-state index contributed by atoms with van der Waals surface area (Å²) >= 11 is 0. The molecule has 1 aliphatic heterocycles. The molecule has 4 rings (SSSR count). The van der Waals surface area contributed by atoms with Crippen molar-refractivity contribution in [3.63, 3.8) is 0 Å². The summed E-state index contributed by atoms with van der Waals surface area (Å²) in [6, 6.07) is 13.8. The normalized spacial score (nSPS) is 16.0. The third kappa shape index (κ3) is 10.7. The Morgan fingerprint density at radius 2 is 1.98 bits per heavy atom. The third-order valence-corrected chi connectivity index (χ3v) is 8.90. The molecule has 2 atom stereocenters. The summed E-state index contributed by atoms with van der Waals surface area (Å²) in [4.78, 5) is 20.0. The van der Waals surface area contributed by atoms with E-state index in [0.717, 1.165) is 44.5 Å². The second kappa shape index (κ2) is 16.8. The molecule has 0 aliphatic carbocycles. The van der Waals surface area contributed by atoms with Crippen LogP contribution in [0, 0.1) is 23.2 Å². The average Bonchev–Trinajstić information content (AvgIpc) is 3.66. The van der Waals surface area contributed by atoms with E-state index >= 15 is 0 Å². The molecule has 1 aliphatic rings. The SMILES string of the molecule is CN(C)C1CCN(CCCC(CCNC=O)NCc2ccc3c(c2)cc(C#CCNc2ccc(C(C)(C)C#N)nc2)n3CC(F)(F)F)C1. The zero-order valence-electron chi connectivity index (χ0n) is 28.3. The largest absolute Gasteiger partial charge is 0.406 e. The van der Waals surface area contributed by atoms with Gasteiger partial charge in [-0.1, -0.05) is 12.0 Å². The number of halogens is 3. The fourth-order valence-electron chi connectivity index (χ4n) is 6.02. The van der Waals surface area contributed by atoms with Gasteiger partial charge in [-0.25, -0.2) is 0 Å². The van der Waals surface area contributed by atoms with E-state index in [2.05, 4.69) is 62.7 Å². The zero-order valence-corrected chi connectivity index (χ0v) is 28.3. The minimum absolute atomic E-state index is 0.188. The number of carbonyl (C=O) groups excluding carboxylic acids is 1. The van der Waals surface area contributed by atoms with E-state index in [1.165, 1.54) is 11.0 Å². The van der Waals surface area contributed by atoms with Crippen molar-refractivity contribution in [2.45, 2.75) is 76.3 Å². The number of rotatable bonds is 16. The van der Waals surface area contributed by atoms with E-state index in [1.807, 2.05) is 12.1 Å². The molecule has 1 saturated heterocycles. The molecule has 0 spiro atoms. The van der Waals surface area contributed by atoms with Gasteiger partial charge in [0.05, 0.1) is 41.3 Å². The Morgan fingerprint density at radius 3 is 2.65 bits per heavy atom. The molecule has 3 heterocycles. The third-order valence-electron chi connectivity index (χ3n) is 8.90. The molecular formula is C36H47F3N8O. The number of nitrogens with zero attached hydrogens (tertiary/aromatic N) is 5. The van der Waals surface area contributed by atoms with Gasteiger partial charge in [0.15, 0.2) is 0 Å². The second-order valence-electron chi connectivity index (χ2n) is 13.2. The molecular weight excluding hydrogens is 617 g/mol. The van der Waals surface area contributed by atoms with E-state index in [9.17, 15) is 23.2 Å². The lowest BCUT2D eigenvalue weighted by Crippen LogP contribution is -2.34. The first-order valence-corrected chi connectivity index (χ1v) is 16.5. The Bertz CT molecular complexity index is 1600. The molecule has 3 N–H and O–H groups in total. The van der Waals surface area contributed by atoms with Crippen LogP contribution in [-0.2, 0) is 23.3 Å². The monoisotopic (exact) mass is 664 g/mol. The summed E-state index contributed by atoms with van der Waals surface area (Å²) in [5.74, 6) is 5.86. The van der Waals surface area contributed by atoms with Gasteiger partial charge < -0.3 is 30.3 Å². The predicted octanol–water partition coefficient (Wildman–Crippen LogP) is 4.87. The van der Waals surface area contributed by atoms with Gasteiger partial charge in [-0.05, 0) is 109 Å². The molecule has 0 bridgehead atoms. The molecule has 3 aromatic rings. The van der Waals surface area contributed by atoms with Crippen molar-refractivity contribution < 1.29 is 18.0 Å². The summed E-state index contributed by atoms with van der Waals surface area (Å²) < 4.78 is 42.0. The Balaban J connectivity index is 1.41. The number of hydrogen-bond acceptors (Lipinski definition) is 7. The highest BCUT2D eigenvalue weighted by Crippen LogP contribution is 2.27. The first-order chi connectivity index (χ1) is 22.9. The van der Waals surface area contributed by atoms with Gasteiger partial charge >= 0.3 is 6.18 Å². The summed E-state index contributed by atoms with van der Waals surface area (Å²) in [7, 11) is 4.26. The number of likely N-dealkylation sites (tertiary alicyclic amines) is 1. The highest BCUT2D eigenvalue weighted by atomic mass is 19.4. The highest BCUT2D eigenvalue weighted by molar-refractivity contribution is 5.83. The van der Waals surface area contributed by atoms with Crippen molar-refractivity contribution in [3.8, 4) is 17.9 Å². The molecule has 0 saturated carbocycles. The van der Waals surface area contributed by atoms with Gasteiger partial charge in [-0.3, -0.25) is 9.78 Å². The molecule has 12 heteroatoms. The van der Waals surface area contributed by atoms with Crippen molar-refractivity contribution in [1.82, 2.24) is 30.0 Å². The van der Waals surface area contributed by atoms with Gasteiger partial charge in [0.1, 0.15) is 6.54 Å². The maximum Gasteiger partial charge on any atom is 0.406 e. The molecule has 258 valence electrons. The molecule has 0 radical (unpaired) electrons. The highest BCUT2D eigenvalue weighted by Gasteiger charge is 2.30. The van der Waals surface area contributed by atoms with Crippen LogP contribution in [0.5, 0.6) is 0 Å². The Hall–Kier alpha value is -4.10. The van der Waals surface area contributed by atoms with Crippen molar-refractivity contribution in [3.05, 3.63) is 59.5 Å². The maximum absolute atomic E-state index is 13.6. The van der Waals surface area contributed by atoms with Crippen LogP contribution in [0.1, 0.15) is 56.5 Å². The number of carbonyl (C=O) groups is 1. The number of likely N-dealkylation sites (N-methyl/N-ethyl adjacent to an activating group) is 1. The number of aromatic nitrogens is 2. The van der Waals surface area contributed by atoms with Crippen LogP contribution >= 0.6 is 0 Å². The smallest absolute Gasteiger partial charge is 0.373 e. The minimum atomic E-state index is -4.41. The molecule has 1 aromatic carbocycles. The van der Waals surface area contributed by atoms with Gasteiger partial charge in [0.25, 0.3) is 0 Å². The van der Waals surface area contributed by atoms with Gasteiger partial charge in [-0.15, -0.1) is 0 Å². The number of amides is 1. The zero-order chi connectivity index (χ0) is 34.7. The molecule has 48 heavy (non-hydrogen) atoms. The summed E-state index contributed by atoms with van der Waals surface area (Å²) in [6.45, 7) is 7.01. The number of benzene rings is 1. The first kappa shape index (κ1) is 36.7. The van der Waals surface area contributed by atoms with E-state index in [4.69, 9.17) is 0 Å². The molecule has 9 nitrogen and oxygen atoms in total. The summed E-state index contributed by atoms with van der Waals surface area (Å²) in [6.07, 6.45) is 1.89. The van der Waals surface area contributed by atoms with E-state index in [-0.39, 0.29) is 18.3 Å². The van der Waals surface area contributed by atoms with E-state index in [0.29, 0.717) is 47.8 Å². The van der Waals surface area contributed by atoms with Crippen LogP contribution in [0.4, 0.5) is 18.9 Å². The number of pyridine rings is 1. The van der Waals surface area contributed by atoms with Gasteiger partial charge in [-0.2, -0.15) is 18.4 Å². The molecule has 1 amide bonds. The van der Waals surface area contributed by atoms with Gasteiger partial charge in [0.2, 0.25) is 6.41 Å². The van der Waals surface area contributed by atoms with Crippen molar-refractivity contribution in [2.75, 3.05) is 52.1 Å². The first-order valence-electron chi connectivity index (χ1n) is 16.5.